The molecule has 0 radical (unpaired) electrons. The molecule has 2 aromatic rings. The monoisotopic (exact) mass is 420 g/mol. The molecule has 1 amide bonds. The van der Waals surface area contributed by atoms with Gasteiger partial charge in [0.25, 0.3) is 10.0 Å². The second-order valence-corrected chi connectivity index (χ2v) is 9.78. The molecule has 5 nitrogen and oxygen atoms in total. The Bertz CT molecular complexity index is 935. The first-order valence-electron chi connectivity index (χ1n) is 9.40. The van der Waals surface area contributed by atoms with Crippen molar-refractivity contribution in [3.05, 3.63) is 59.1 Å². The van der Waals surface area contributed by atoms with Gasteiger partial charge < -0.3 is 5.32 Å². The summed E-state index contributed by atoms with van der Waals surface area (Å²) in [5.74, 6) is 0.603. The number of benzene rings is 2. The van der Waals surface area contributed by atoms with Gasteiger partial charge in [0.1, 0.15) is 0 Å². The van der Waals surface area contributed by atoms with Gasteiger partial charge in [0.2, 0.25) is 5.91 Å². The Morgan fingerprint density at radius 3 is 2.21 bits per heavy atom. The fourth-order valence-corrected chi connectivity index (χ4v) is 4.29. The number of hydrogen-bond acceptors (Lipinski definition) is 3. The third-order valence-electron chi connectivity index (χ3n) is 5.01. The first kappa shape index (κ1) is 20.7. The average Bonchev–Trinajstić information content (AvgIpc) is 3.44. The van der Waals surface area contributed by atoms with Crippen molar-refractivity contribution in [3.63, 3.8) is 0 Å². The Hall–Kier alpha value is -2.05. The van der Waals surface area contributed by atoms with Crippen molar-refractivity contribution < 1.29 is 13.2 Å². The lowest BCUT2D eigenvalue weighted by molar-refractivity contribution is -0.123. The van der Waals surface area contributed by atoms with E-state index in [4.69, 9.17) is 11.6 Å². The van der Waals surface area contributed by atoms with Crippen molar-refractivity contribution in [1.29, 1.82) is 0 Å². The van der Waals surface area contributed by atoms with E-state index < -0.39 is 15.4 Å². The van der Waals surface area contributed by atoms with Gasteiger partial charge in [-0.3, -0.25) is 9.52 Å². The molecule has 1 aliphatic carbocycles. The summed E-state index contributed by atoms with van der Waals surface area (Å²) in [6, 6.07) is 13.0. The molecule has 0 aliphatic heterocycles. The highest BCUT2D eigenvalue weighted by Gasteiger charge is 2.51. The van der Waals surface area contributed by atoms with Crippen LogP contribution in [-0.2, 0) is 20.2 Å². The summed E-state index contributed by atoms with van der Waals surface area (Å²) in [5.41, 5.74) is 0.906. The number of carbonyl (C=O) groups excluding carboxylic acids is 1. The van der Waals surface area contributed by atoms with E-state index in [0.717, 1.165) is 24.8 Å². The molecule has 2 aromatic carbocycles. The van der Waals surface area contributed by atoms with Crippen LogP contribution in [0, 0.1) is 5.92 Å². The first-order chi connectivity index (χ1) is 13.2. The van der Waals surface area contributed by atoms with E-state index in [2.05, 4.69) is 23.9 Å². The Morgan fingerprint density at radius 1 is 1.07 bits per heavy atom. The SMILES string of the molecule is CC(C)CCNC(=O)C1(c2ccc(NS(=O)(=O)c3ccc(Cl)cc3)cc2)CC1. The number of anilines is 1. The second-order valence-electron chi connectivity index (χ2n) is 7.66. The Morgan fingerprint density at radius 2 is 1.68 bits per heavy atom. The molecule has 0 aromatic heterocycles. The number of nitrogens with one attached hydrogen (secondary N) is 2. The van der Waals surface area contributed by atoms with E-state index >= 15 is 0 Å². The predicted molar refractivity (Wildman–Crippen MR) is 112 cm³/mol. The molecule has 0 heterocycles. The van der Waals surface area contributed by atoms with Crippen molar-refractivity contribution in [2.24, 2.45) is 5.92 Å². The fraction of sp³-hybridized carbons (Fsp3) is 0.381. The summed E-state index contributed by atoms with van der Waals surface area (Å²) in [5, 5.41) is 3.51. The molecule has 0 spiro atoms. The van der Waals surface area contributed by atoms with Crippen LogP contribution in [0.2, 0.25) is 5.02 Å². The van der Waals surface area contributed by atoms with Crippen LogP contribution < -0.4 is 10.0 Å². The molecule has 150 valence electrons. The normalized spacial score (nSPS) is 15.3. The maximum absolute atomic E-state index is 12.6. The van der Waals surface area contributed by atoms with Crippen LogP contribution in [0.15, 0.2) is 53.4 Å². The molecule has 1 saturated carbocycles. The van der Waals surface area contributed by atoms with Gasteiger partial charge in [-0.1, -0.05) is 37.6 Å². The standard InChI is InChI=1S/C21H25ClN2O3S/c1-15(2)11-14-23-20(25)21(12-13-21)16-3-7-18(8-4-16)24-28(26,27)19-9-5-17(22)6-10-19/h3-10,15,24H,11-14H2,1-2H3,(H,23,25). The number of sulfonamides is 1. The van der Waals surface area contributed by atoms with E-state index in [9.17, 15) is 13.2 Å². The van der Waals surface area contributed by atoms with E-state index in [0.29, 0.717) is 23.2 Å². The van der Waals surface area contributed by atoms with Gasteiger partial charge in [-0.2, -0.15) is 0 Å². The lowest BCUT2D eigenvalue weighted by Gasteiger charge is -2.17. The Kier molecular flexibility index (Phi) is 6.01. The highest BCUT2D eigenvalue weighted by atomic mass is 35.5. The number of halogens is 1. The van der Waals surface area contributed by atoms with Gasteiger partial charge in [-0.25, -0.2) is 8.42 Å². The summed E-state index contributed by atoms with van der Waals surface area (Å²) in [7, 11) is -3.69. The minimum atomic E-state index is -3.69. The van der Waals surface area contributed by atoms with Gasteiger partial charge in [0.15, 0.2) is 0 Å². The Balaban J connectivity index is 1.68. The molecule has 28 heavy (non-hydrogen) atoms. The minimum absolute atomic E-state index is 0.0580. The van der Waals surface area contributed by atoms with Crippen LogP contribution in [0.4, 0.5) is 5.69 Å². The number of hydrogen-bond donors (Lipinski definition) is 2. The summed E-state index contributed by atoms with van der Waals surface area (Å²) < 4.78 is 27.5. The fourth-order valence-electron chi connectivity index (χ4n) is 3.10. The third-order valence-corrected chi connectivity index (χ3v) is 6.65. The zero-order valence-corrected chi connectivity index (χ0v) is 17.6. The quantitative estimate of drug-likeness (QED) is 0.667. The molecular formula is C21H25ClN2O3S. The highest BCUT2D eigenvalue weighted by molar-refractivity contribution is 7.92. The zero-order chi connectivity index (χ0) is 20.4. The van der Waals surface area contributed by atoms with E-state index in [-0.39, 0.29) is 10.8 Å². The second kappa shape index (κ2) is 8.13. The van der Waals surface area contributed by atoms with Crippen molar-refractivity contribution in [3.8, 4) is 0 Å². The van der Waals surface area contributed by atoms with Crippen LogP contribution in [0.5, 0.6) is 0 Å². The smallest absolute Gasteiger partial charge is 0.261 e. The molecule has 1 fully saturated rings. The van der Waals surface area contributed by atoms with Crippen molar-refractivity contribution >= 4 is 33.2 Å². The first-order valence-corrected chi connectivity index (χ1v) is 11.3. The van der Waals surface area contributed by atoms with Crippen LogP contribution in [0.1, 0.15) is 38.7 Å². The number of rotatable bonds is 8. The minimum Gasteiger partial charge on any atom is -0.355 e. The van der Waals surface area contributed by atoms with E-state index in [1.165, 1.54) is 24.3 Å². The highest BCUT2D eigenvalue weighted by Crippen LogP contribution is 2.48. The molecule has 1 aliphatic rings. The Labute approximate surface area is 171 Å². The molecular weight excluding hydrogens is 396 g/mol. The third kappa shape index (κ3) is 4.67. The van der Waals surface area contributed by atoms with Crippen LogP contribution in [-0.4, -0.2) is 20.9 Å². The maximum atomic E-state index is 12.6. The van der Waals surface area contributed by atoms with Crippen molar-refractivity contribution in [1.82, 2.24) is 5.32 Å². The van der Waals surface area contributed by atoms with Crippen molar-refractivity contribution in [2.45, 2.75) is 43.4 Å². The largest absolute Gasteiger partial charge is 0.355 e. The van der Waals surface area contributed by atoms with Gasteiger partial charge in [0, 0.05) is 17.3 Å². The summed E-state index contributed by atoms with van der Waals surface area (Å²) in [4.78, 5) is 12.7. The summed E-state index contributed by atoms with van der Waals surface area (Å²) in [6.07, 6.45) is 2.58. The topological polar surface area (TPSA) is 75.3 Å². The van der Waals surface area contributed by atoms with Gasteiger partial charge in [0.05, 0.1) is 10.3 Å². The average molecular weight is 421 g/mol. The molecule has 0 unspecified atom stereocenters. The lowest BCUT2D eigenvalue weighted by atomic mass is 9.94. The number of amides is 1. The van der Waals surface area contributed by atoms with Crippen LogP contribution >= 0.6 is 11.6 Å². The van der Waals surface area contributed by atoms with Crippen molar-refractivity contribution in [2.75, 3.05) is 11.3 Å². The number of carbonyl (C=O) groups is 1. The van der Waals surface area contributed by atoms with Gasteiger partial charge in [-0.05, 0) is 67.1 Å². The molecule has 2 N–H and O–H groups in total. The molecule has 0 atom stereocenters. The summed E-state index contributed by atoms with van der Waals surface area (Å²) in [6.45, 7) is 4.93. The molecule has 0 bridgehead atoms. The maximum Gasteiger partial charge on any atom is 0.261 e. The lowest BCUT2D eigenvalue weighted by Crippen LogP contribution is -2.35. The molecule has 3 rings (SSSR count). The molecule has 7 heteroatoms. The zero-order valence-electron chi connectivity index (χ0n) is 16.0. The van der Waals surface area contributed by atoms with Crippen LogP contribution in [0.25, 0.3) is 0 Å². The van der Waals surface area contributed by atoms with Gasteiger partial charge >= 0.3 is 0 Å². The van der Waals surface area contributed by atoms with Crippen LogP contribution in [0.3, 0.4) is 0 Å². The summed E-state index contributed by atoms with van der Waals surface area (Å²) >= 11 is 5.81. The van der Waals surface area contributed by atoms with E-state index in [1.807, 2.05) is 12.1 Å². The van der Waals surface area contributed by atoms with E-state index in [1.54, 1.807) is 12.1 Å². The predicted octanol–water partition coefficient (Wildman–Crippen LogP) is 4.33. The van der Waals surface area contributed by atoms with Gasteiger partial charge in [-0.15, -0.1) is 0 Å². The molecule has 0 saturated heterocycles.